The predicted octanol–water partition coefficient (Wildman–Crippen LogP) is 5.98. The first-order valence-electron chi connectivity index (χ1n) is 10.1. The van der Waals surface area contributed by atoms with Gasteiger partial charge in [0, 0.05) is 13.0 Å². The summed E-state index contributed by atoms with van der Waals surface area (Å²) >= 11 is 0. The van der Waals surface area contributed by atoms with E-state index in [1.165, 1.54) is 6.07 Å². The van der Waals surface area contributed by atoms with Crippen LogP contribution in [0.3, 0.4) is 0 Å². The zero-order chi connectivity index (χ0) is 20.7. The molecule has 0 spiro atoms. The average Bonchev–Trinajstić information content (AvgIpc) is 3.36. The molecule has 1 saturated heterocycles. The Kier molecular flexibility index (Phi) is 4.74. The van der Waals surface area contributed by atoms with E-state index < -0.39 is 11.7 Å². The number of ether oxygens (including phenoxy) is 1. The van der Waals surface area contributed by atoms with Gasteiger partial charge in [0.15, 0.2) is 0 Å². The minimum absolute atomic E-state index is 0.0657. The fourth-order valence-electron chi connectivity index (χ4n) is 4.30. The highest BCUT2D eigenvalue weighted by Crippen LogP contribution is 2.32. The third kappa shape index (κ3) is 3.56. The number of hydrogen-bond donors (Lipinski definition) is 0. The summed E-state index contributed by atoms with van der Waals surface area (Å²) in [5.41, 5.74) is 1.52. The molecule has 4 aromatic rings. The van der Waals surface area contributed by atoms with Gasteiger partial charge in [-0.2, -0.15) is 13.2 Å². The molecule has 0 saturated carbocycles. The van der Waals surface area contributed by atoms with Crippen molar-refractivity contribution in [3.63, 3.8) is 0 Å². The maximum Gasteiger partial charge on any atom is 0.416 e. The Labute approximate surface area is 172 Å². The monoisotopic (exact) mass is 410 g/mol. The normalized spacial score (nSPS) is 17.2. The van der Waals surface area contributed by atoms with Crippen molar-refractivity contribution in [2.45, 2.75) is 38.1 Å². The number of alkyl halides is 3. The van der Waals surface area contributed by atoms with Crippen LogP contribution in [0.1, 0.15) is 29.8 Å². The molecule has 154 valence electrons. The molecular formula is C24H21F3N2O. The molecule has 1 fully saturated rings. The van der Waals surface area contributed by atoms with Crippen LogP contribution in [0.2, 0.25) is 0 Å². The van der Waals surface area contributed by atoms with Crippen molar-refractivity contribution in [2.24, 2.45) is 0 Å². The first-order valence-corrected chi connectivity index (χ1v) is 10.1. The molecule has 0 amide bonds. The lowest BCUT2D eigenvalue weighted by Crippen LogP contribution is -2.17. The van der Waals surface area contributed by atoms with E-state index in [1.54, 1.807) is 0 Å². The number of benzene rings is 3. The molecule has 2 heterocycles. The summed E-state index contributed by atoms with van der Waals surface area (Å²) in [6.45, 7) is 1.33. The van der Waals surface area contributed by atoms with Crippen LogP contribution in [0, 0.1) is 0 Å². The number of imidazole rings is 1. The molecule has 1 aromatic heterocycles. The second-order valence-corrected chi connectivity index (χ2v) is 7.79. The molecule has 5 rings (SSSR count). The number of aromatic nitrogens is 2. The first-order chi connectivity index (χ1) is 14.5. The Morgan fingerprint density at radius 2 is 1.87 bits per heavy atom. The molecule has 0 radical (unpaired) electrons. The van der Waals surface area contributed by atoms with Gasteiger partial charge in [-0.3, -0.25) is 0 Å². The molecule has 3 nitrogen and oxygen atoms in total. The van der Waals surface area contributed by atoms with Crippen LogP contribution in [-0.2, 0) is 23.9 Å². The molecule has 30 heavy (non-hydrogen) atoms. The van der Waals surface area contributed by atoms with Gasteiger partial charge in [-0.05, 0) is 47.4 Å². The minimum Gasteiger partial charge on any atom is -0.376 e. The van der Waals surface area contributed by atoms with Gasteiger partial charge in [0.2, 0.25) is 0 Å². The maximum atomic E-state index is 13.2. The number of fused-ring (bicyclic) bond motifs is 2. The lowest BCUT2D eigenvalue weighted by atomic mass is 10.0. The highest BCUT2D eigenvalue weighted by Gasteiger charge is 2.31. The summed E-state index contributed by atoms with van der Waals surface area (Å²) in [6.07, 6.45) is -1.81. The maximum absolute atomic E-state index is 13.2. The van der Waals surface area contributed by atoms with E-state index in [2.05, 4.69) is 29.2 Å². The van der Waals surface area contributed by atoms with Gasteiger partial charge < -0.3 is 9.30 Å². The quantitative estimate of drug-likeness (QED) is 0.414. The Morgan fingerprint density at radius 3 is 2.67 bits per heavy atom. The van der Waals surface area contributed by atoms with Crippen molar-refractivity contribution in [2.75, 3.05) is 6.61 Å². The zero-order valence-corrected chi connectivity index (χ0v) is 16.3. The standard InChI is InChI=1S/C24H21F3N2O/c25-24(26,27)18-10-11-22-21(14-18)28-23(29(22)15-19-8-4-12-30-19)13-17-7-3-6-16-5-1-2-9-20(16)17/h1-3,5-7,9-11,14,19H,4,8,12-13,15H2. The smallest absolute Gasteiger partial charge is 0.376 e. The topological polar surface area (TPSA) is 27.1 Å². The summed E-state index contributed by atoms with van der Waals surface area (Å²) in [6, 6.07) is 18.1. The second kappa shape index (κ2) is 7.43. The van der Waals surface area contributed by atoms with Crippen molar-refractivity contribution >= 4 is 21.8 Å². The summed E-state index contributed by atoms with van der Waals surface area (Å²) in [5.74, 6) is 0.760. The molecule has 1 aliphatic heterocycles. The van der Waals surface area contributed by atoms with Gasteiger partial charge in [0.25, 0.3) is 0 Å². The highest BCUT2D eigenvalue weighted by molar-refractivity contribution is 5.86. The Balaban J connectivity index is 1.61. The molecule has 3 aromatic carbocycles. The van der Waals surface area contributed by atoms with Crippen LogP contribution in [0.5, 0.6) is 0 Å². The zero-order valence-electron chi connectivity index (χ0n) is 16.3. The number of halogens is 3. The summed E-state index contributed by atoms with van der Waals surface area (Å²) in [4.78, 5) is 4.64. The Morgan fingerprint density at radius 1 is 1.03 bits per heavy atom. The number of hydrogen-bond acceptors (Lipinski definition) is 2. The summed E-state index contributed by atoms with van der Waals surface area (Å²) < 4.78 is 47.5. The molecule has 0 aliphatic carbocycles. The van der Waals surface area contributed by atoms with Crippen LogP contribution < -0.4 is 0 Å². The van der Waals surface area contributed by atoms with E-state index in [-0.39, 0.29) is 6.10 Å². The van der Waals surface area contributed by atoms with Crippen LogP contribution >= 0.6 is 0 Å². The minimum atomic E-state index is -4.39. The lowest BCUT2D eigenvalue weighted by Gasteiger charge is -2.15. The fourth-order valence-corrected chi connectivity index (χ4v) is 4.30. The van der Waals surface area contributed by atoms with Crippen molar-refractivity contribution < 1.29 is 17.9 Å². The second-order valence-electron chi connectivity index (χ2n) is 7.79. The van der Waals surface area contributed by atoms with Crippen LogP contribution in [0.25, 0.3) is 21.8 Å². The van der Waals surface area contributed by atoms with E-state index in [1.807, 2.05) is 22.8 Å². The van der Waals surface area contributed by atoms with Gasteiger partial charge in [0.05, 0.1) is 29.2 Å². The summed E-state index contributed by atoms with van der Waals surface area (Å²) in [7, 11) is 0. The third-order valence-corrected chi connectivity index (χ3v) is 5.79. The van der Waals surface area contributed by atoms with Crippen molar-refractivity contribution in [1.29, 1.82) is 0 Å². The predicted molar refractivity (Wildman–Crippen MR) is 110 cm³/mol. The van der Waals surface area contributed by atoms with Crippen molar-refractivity contribution in [3.05, 3.63) is 77.6 Å². The molecule has 1 aliphatic rings. The SMILES string of the molecule is FC(F)(F)c1ccc2c(c1)nc(Cc1cccc3ccccc13)n2CC1CCCO1. The van der Waals surface area contributed by atoms with Crippen LogP contribution in [-0.4, -0.2) is 22.3 Å². The van der Waals surface area contributed by atoms with Crippen molar-refractivity contribution in [3.8, 4) is 0 Å². The van der Waals surface area contributed by atoms with Gasteiger partial charge in [-0.25, -0.2) is 4.98 Å². The van der Waals surface area contributed by atoms with Crippen LogP contribution in [0.4, 0.5) is 13.2 Å². The van der Waals surface area contributed by atoms with Gasteiger partial charge in [-0.1, -0.05) is 42.5 Å². The third-order valence-electron chi connectivity index (χ3n) is 5.79. The van der Waals surface area contributed by atoms with E-state index >= 15 is 0 Å². The van der Waals surface area contributed by atoms with Gasteiger partial charge >= 0.3 is 6.18 Å². The Hall–Kier alpha value is -2.86. The van der Waals surface area contributed by atoms with E-state index in [4.69, 9.17) is 4.74 Å². The van der Waals surface area contributed by atoms with Gasteiger partial charge in [0.1, 0.15) is 5.82 Å². The number of nitrogens with zero attached hydrogens (tertiary/aromatic N) is 2. The molecule has 1 unspecified atom stereocenters. The molecule has 1 atom stereocenters. The van der Waals surface area contributed by atoms with Crippen LogP contribution in [0.15, 0.2) is 60.7 Å². The molecule has 6 heteroatoms. The van der Waals surface area contributed by atoms with E-state index in [9.17, 15) is 13.2 Å². The number of rotatable bonds is 4. The lowest BCUT2D eigenvalue weighted by molar-refractivity contribution is -0.137. The van der Waals surface area contributed by atoms with Gasteiger partial charge in [-0.15, -0.1) is 0 Å². The van der Waals surface area contributed by atoms with Crippen molar-refractivity contribution in [1.82, 2.24) is 9.55 Å². The average molecular weight is 410 g/mol. The largest absolute Gasteiger partial charge is 0.416 e. The first kappa shape index (κ1) is 19.1. The molecule has 0 N–H and O–H groups in total. The van der Waals surface area contributed by atoms with E-state index in [0.29, 0.717) is 24.0 Å². The highest BCUT2D eigenvalue weighted by atomic mass is 19.4. The Bertz CT molecular complexity index is 1200. The summed E-state index contributed by atoms with van der Waals surface area (Å²) in [5, 5.41) is 2.27. The molecular weight excluding hydrogens is 389 g/mol. The molecule has 0 bridgehead atoms. The fraction of sp³-hybridized carbons (Fsp3) is 0.292. The van der Waals surface area contributed by atoms with E-state index in [0.717, 1.165) is 53.7 Å².